The van der Waals surface area contributed by atoms with Crippen LogP contribution < -0.4 is 5.32 Å². The van der Waals surface area contributed by atoms with Gasteiger partial charge in [-0.3, -0.25) is 14.7 Å². The second-order valence-electron chi connectivity index (χ2n) is 11.0. The number of rotatable bonds is 5. The van der Waals surface area contributed by atoms with Crippen LogP contribution in [0.2, 0.25) is 5.02 Å². The predicted molar refractivity (Wildman–Crippen MR) is 149 cm³/mol. The number of hydrogen-bond donors (Lipinski definition) is 2. The van der Waals surface area contributed by atoms with E-state index in [9.17, 15) is 14.7 Å². The van der Waals surface area contributed by atoms with Gasteiger partial charge in [-0.2, -0.15) is 0 Å². The number of likely N-dealkylation sites (tertiary alicyclic amines) is 1. The number of aryl methyl sites for hydroxylation is 2. The minimum Gasteiger partial charge on any atom is -0.465 e. The van der Waals surface area contributed by atoms with Crippen molar-refractivity contribution in [1.82, 2.24) is 15.2 Å². The fourth-order valence-electron chi connectivity index (χ4n) is 5.69. The fraction of sp³-hybridized carbons (Fsp3) is 0.519. The number of halogens is 3. The first-order valence-electron chi connectivity index (χ1n) is 12.3. The van der Waals surface area contributed by atoms with Crippen molar-refractivity contribution in [2.24, 2.45) is 11.3 Å². The maximum Gasteiger partial charge on any atom is 0.405 e. The number of nitrogens with zero attached hydrogens (tertiary/aromatic N) is 2. The van der Waals surface area contributed by atoms with Crippen LogP contribution in [0.5, 0.6) is 0 Å². The van der Waals surface area contributed by atoms with E-state index in [1.165, 1.54) is 16.7 Å². The quantitative estimate of drug-likeness (QED) is 0.392. The largest absolute Gasteiger partial charge is 0.465 e. The number of aromatic nitrogens is 1. The molecule has 0 bridgehead atoms. The molecule has 0 saturated carbocycles. The van der Waals surface area contributed by atoms with Gasteiger partial charge >= 0.3 is 6.09 Å². The van der Waals surface area contributed by atoms with Crippen LogP contribution in [0.3, 0.4) is 0 Å². The van der Waals surface area contributed by atoms with E-state index in [1.54, 1.807) is 0 Å². The maximum absolute atomic E-state index is 13.1. The average Bonchev–Trinajstić information content (AvgIpc) is 2.94. The highest BCUT2D eigenvalue weighted by atomic mass is 79.9. The molecular formula is C27H32Br2ClN3O3. The van der Waals surface area contributed by atoms with Crippen LogP contribution in [0.15, 0.2) is 33.3 Å². The summed E-state index contributed by atoms with van der Waals surface area (Å²) in [6.45, 7) is 7.46. The summed E-state index contributed by atoms with van der Waals surface area (Å²) in [6.07, 6.45) is 4.39. The minimum atomic E-state index is -1.17. The Morgan fingerprint density at radius 3 is 2.47 bits per heavy atom. The van der Waals surface area contributed by atoms with E-state index in [2.05, 4.69) is 54.2 Å². The Hall–Kier alpha value is -1.48. The summed E-state index contributed by atoms with van der Waals surface area (Å²) in [5, 5.41) is 12.4. The molecule has 2 heterocycles. The number of pyridine rings is 1. The summed E-state index contributed by atoms with van der Waals surface area (Å²) in [6, 6.07) is 5.52. The molecule has 2 N–H and O–H groups in total. The molecule has 1 aromatic carbocycles. The molecule has 1 fully saturated rings. The summed E-state index contributed by atoms with van der Waals surface area (Å²) in [5.41, 5.74) is 4.45. The van der Waals surface area contributed by atoms with Crippen LogP contribution in [0.1, 0.15) is 61.9 Å². The van der Waals surface area contributed by atoms with Gasteiger partial charge in [0.1, 0.15) is 0 Å². The molecule has 36 heavy (non-hydrogen) atoms. The van der Waals surface area contributed by atoms with Crippen LogP contribution in [-0.4, -0.2) is 52.5 Å². The van der Waals surface area contributed by atoms with Crippen LogP contribution in [0.4, 0.5) is 4.79 Å². The minimum absolute atomic E-state index is 0.0857. The van der Waals surface area contributed by atoms with Crippen molar-refractivity contribution in [3.63, 3.8) is 0 Å². The molecule has 1 aromatic heterocycles. The van der Waals surface area contributed by atoms with Crippen molar-refractivity contribution < 1.29 is 14.7 Å². The number of carbonyl (C=O) groups is 2. The molecule has 0 spiro atoms. The summed E-state index contributed by atoms with van der Waals surface area (Å²) in [5.74, 6) is 0.428. The normalized spacial score (nSPS) is 19.7. The third-order valence-corrected chi connectivity index (χ3v) is 8.66. The summed E-state index contributed by atoms with van der Waals surface area (Å²) in [7, 11) is 0. The monoisotopic (exact) mass is 639 g/mol. The number of benzene rings is 1. The van der Waals surface area contributed by atoms with E-state index in [0.717, 1.165) is 58.4 Å². The number of fused-ring (bicyclic) bond motifs is 2. The summed E-state index contributed by atoms with van der Waals surface area (Å²) < 4.78 is 2.01. The fourth-order valence-corrected chi connectivity index (χ4v) is 7.19. The number of carbonyl (C=O) groups excluding carboxylic acids is 1. The van der Waals surface area contributed by atoms with Gasteiger partial charge < -0.3 is 10.4 Å². The Labute approximate surface area is 234 Å². The predicted octanol–water partition coefficient (Wildman–Crippen LogP) is 6.45. The number of Topliss-reactive ketones (excluding diaryl/α,β-unsaturated/α-hetero) is 1. The lowest BCUT2D eigenvalue weighted by Gasteiger charge is -2.38. The molecular weight excluding hydrogens is 610 g/mol. The first-order chi connectivity index (χ1) is 16.9. The number of hydrogen-bond acceptors (Lipinski definition) is 4. The highest BCUT2D eigenvalue weighted by molar-refractivity contribution is 9.10. The molecule has 2 aromatic rings. The van der Waals surface area contributed by atoms with Gasteiger partial charge in [-0.1, -0.05) is 48.3 Å². The Balaban J connectivity index is 1.56. The van der Waals surface area contributed by atoms with Crippen molar-refractivity contribution in [3.05, 3.63) is 60.7 Å². The van der Waals surface area contributed by atoms with Gasteiger partial charge in [0.15, 0.2) is 5.78 Å². The lowest BCUT2D eigenvalue weighted by Crippen LogP contribution is -2.52. The smallest absolute Gasteiger partial charge is 0.405 e. The van der Waals surface area contributed by atoms with Crippen molar-refractivity contribution in [2.45, 2.75) is 58.4 Å². The van der Waals surface area contributed by atoms with Gasteiger partial charge in [0.25, 0.3) is 0 Å². The van der Waals surface area contributed by atoms with E-state index < -0.39 is 17.6 Å². The molecule has 4 rings (SSSR count). The molecule has 2 unspecified atom stereocenters. The molecule has 194 valence electrons. The number of ketones is 1. The van der Waals surface area contributed by atoms with Gasteiger partial charge in [-0.15, -0.1) is 0 Å². The average molecular weight is 642 g/mol. The van der Waals surface area contributed by atoms with Gasteiger partial charge in [0.05, 0.1) is 18.3 Å². The highest BCUT2D eigenvalue weighted by Gasteiger charge is 2.37. The second kappa shape index (κ2) is 11.1. The lowest BCUT2D eigenvalue weighted by atomic mass is 9.76. The SMILES string of the molecule is CC(C)(C)C(NC(=O)O)C(=O)CN1CCC(C2c3ncc(Br)cc3CCc3cc(Cl)cc(Br)c32)CC1. The third-order valence-electron chi connectivity index (χ3n) is 7.36. The number of amides is 1. The van der Waals surface area contributed by atoms with E-state index >= 15 is 0 Å². The molecule has 2 aliphatic rings. The molecule has 2 atom stereocenters. The van der Waals surface area contributed by atoms with E-state index in [1.807, 2.05) is 33.0 Å². The molecule has 9 heteroatoms. The Bertz CT molecular complexity index is 1160. The van der Waals surface area contributed by atoms with Gasteiger partial charge in [0.2, 0.25) is 0 Å². The highest BCUT2D eigenvalue weighted by Crippen LogP contribution is 2.46. The maximum atomic E-state index is 13.1. The summed E-state index contributed by atoms with van der Waals surface area (Å²) >= 11 is 13.8. The molecule has 1 amide bonds. The number of carboxylic acid groups (broad SMARTS) is 1. The molecule has 0 radical (unpaired) electrons. The van der Waals surface area contributed by atoms with Crippen LogP contribution in [0, 0.1) is 11.3 Å². The van der Waals surface area contributed by atoms with Crippen LogP contribution in [-0.2, 0) is 17.6 Å². The van der Waals surface area contributed by atoms with Crippen molar-refractivity contribution >= 4 is 55.3 Å². The lowest BCUT2D eigenvalue weighted by molar-refractivity contribution is -0.124. The van der Waals surface area contributed by atoms with E-state index in [0.29, 0.717) is 5.92 Å². The van der Waals surface area contributed by atoms with Gasteiger partial charge in [-0.25, -0.2) is 4.79 Å². The number of nitrogens with one attached hydrogen (secondary N) is 1. The van der Waals surface area contributed by atoms with E-state index in [-0.39, 0.29) is 18.2 Å². The standard InChI is InChI=1S/C27H32Br2ClN3O3/c1-27(2,3)25(32-26(35)36)21(34)14-33-8-6-15(7-9-33)23-22-16(11-19(30)12-20(22)29)4-5-17-10-18(28)13-31-24(17)23/h10-13,15,23,25,32H,4-9,14H2,1-3H3,(H,35,36). The van der Waals surface area contributed by atoms with Crippen molar-refractivity contribution in [1.29, 1.82) is 0 Å². The Morgan fingerprint density at radius 2 is 1.83 bits per heavy atom. The molecule has 6 nitrogen and oxygen atoms in total. The van der Waals surface area contributed by atoms with Crippen molar-refractivity contribution in [3.8, 4) is 0 Å². The Morgan fingerprint density at radius 1 is 1.17 bits per heavy atom. The van der Waals surface area contributed by atoms with Gasteiger partial charge in [-0.05, 0) is 101 Å². The molecule has 1 aliphatic heterocycles. The van der Waals surface area contributed by atoms with Crippen LogP contribution in [0.25, 0.3) is 0 Å². The zero-order valence-electron chi connectivity index (χ0n) is 20.8. The van der Waals surface area contributed by atoms with E-state index in [4.69, 9.17) is 16.6 Å². The third kappa shape index (κ3) is 6.14. The first kappa shape index (κ1) is 27.6. The van der Waals surface area contributed by atoms with Gasteiger partial charge in [0, 0.05) is 26.1 Å². The zero-order chi connectivity index (χ0) is 26.2. The van der Waals surface area contributed by atoms with Crippen LogP contribution >= 0.6 is 43.5 Å². The number of piperidine rings is 1. The zero-order valence-corrected chi connectivity index (χ0v) is 24.7. The molecule has 1 aliphatic carbocycles. The second-order valence-corrected chi connectivity index (χ2v) is 13.2. The topological polar surface area (TPSA) is 82.5 Å². The molecule has 1 saturated heterocycles. The Kier molecular flexibility index (Phi) is 8.49. The van der Waals surface area contributed by atoms with Crippen molar-refractivity contribution in [2.75, 3.05) is 19.6 Å². The summed E-state index contributed by atoms with van der Waals surface area (Å²) in [4.78, 5) is 31.4. The first-order valence-corrected chi connectivity index (χ1v) is 14.3.